The Kier molecular flexibility index (Phi) is 6.47. The quantitative estimate of drug-likeness (QED) is 0.375. The molecule has 2 aromatic carbocycles. The van der Waals surface area contributed by atoms with Crippen molar-refractivity contribution in [2.45, 2.75) is 26.8 Å². The monoisotopic (exact) mass is 518 g/mol. The molecule has 0 amide bonds. The molecule has 1 aliphatic heterocycles. The smallest absolute Gasteiger partial charge is 0.338 e. The molecule has 0 unspecified atom stereocenters. The van der Waals surface area contributed by atoms with E-state index >= 15 is 0 Å². The van der Waals surface area contributed by atoms with Gasteiger partial charge < -0.3 is 4.74 Å². The summed E-state index contributed by atoms with van der Waals surface area (Å²) in [5, 5.41) is 4.77. The van der Waals surface area contributed by atoms with Crippen LogP contribution in [0.25, 0.3) is 11.8 Å². The van der Waals surface area contributed by atoms with Crippen molar-refractivity contribution in [1.29, 1.82) is 0 Å². The van der Waals surface area contributed by atoms with Crippen LogP contribution in [0.4, 0.5) is 0 Å². The maximum atomic E-state index is 13.8. The van der Waals surface area contributed by atoms with Gasteiger partial charge in [-0.05, 0) is 44.5 Å². The number of hydrogen-bond donors (Lipinski definition) is 0. The van der Waals surface area contributed by atoms with Gasteiger partial charge in [-0.25, -0.2) is 14.5 Å². The Morgan fingerprint density at radius 3 is 2.44 bits per heavy atom. The third-order valence-corrected chi connectivity index (χ3v) is 7.29. The van der Waals surface area contributed by atoms with Crippen molar-refractivity contribution < 1.29 is 9.53 Å². The molecule has 0 aliphatic carbocycles. The molecule has 1 atom stereocenters. The summed E-state index contributed by atoms with van der Waals surface area (Å²) in [4.78, 5) is 31.8. The number of carbonyl (C=O) groups is 1. The van der Waals surface area contributed by atoms with E-state index in [-0.39, 0.29) is 12.2 Å². The van der Waals surface area contributed by atoms with Crippen molar-refractivity contribution in [2.75, 3.05) is 6.61 Å². The van der Waals surface area contributed by atoms with Gasteiger partial charge in [-0.15, -0.1) is 0 Å². The minimum absolute atomic E-state index is 0.227. The summed E-state index contributed by atoms with van der Waals surface area (Å²) in [5.74, 6) is -0.482. The molecule has 4 aromatic rings. The number of ether oxygens (including phenoxy) is 1. The molecular formula is C27H23ClN4O3S. The van der Waals surface area contributed by atoms with E-state index in [2.05, 4.69) is 10.1 Å². The van der Waals surface area contributed by atoms with Gasteiger partial charge in [0.1, 0.15) is 0 Å². The van der Waals surface area contributed by atoms with Gasteiger partial charge in [-0.3, -0.25) is 9.36 Å². The van der Waals surface area contributed by atoms with Gasteiger partial charge in [-0.1, -0.05) is 71.5 Å². The fraction of sp³-hybridized carbons (Fsp3) is 0.185. The predicted molar refractivity (Wildman–Crippen MR) is 140 cm³/mol. The molecule has 0 radical (unpaired) electrons. The zero-order valence-electron chi connectivity index (χ0n) is 19.9. The average Bonchev–Trinajstić information content (AvgIpc) is 3.34. The van der Waals surface area contributed by atoms with Crippen LogP contribution >= 0.6 is 22.9 Å². The van der Waals surface area contributed by atoms with Crippen molar-refractivity contribution in [1.82, 2.24) is 14.3 Å². The number of fused-ring (bicyclic) bond motifs is 1. The van der Waals surface area contributed by atoms with Gasteiger partial charge in [0.2, 0.25) is 0 Å². The van der Waals surface area contributed by atoms with Crippen molar-refractivity contribution >= 4 is 35.0 Å². The maximum Gasteiger partial charge on any atom is 0.338 e. The molecule has 7 nitrogen and oxygen atoms in total. The molecule has 5 rings (SSSR count). The first-order valence-corrected chi connectivity index (χ1v) is 12.6. The molecule has 1 aliphatic rings. The van der Waals surface area contributed by atoms with Crippen LogP contribution in [0.2, 0.25) is 5.15 Å². The lowest BCUT2D eigenvalue weighted by Crippen LogP contribution is -2.39. The Hall–Kier alpha value is -3.75. The second-order valence-electron chi connectivity index (χ2n) is 8.25. The van der Waals surface area contributed by atoms with E-state index in [1.807, 2.05) is 67.6 Å². The Morgan fingerprint density at radius 2 is 1.78 bits per heavy atom. The lowest BCUT2D eigenvalue weighted by atomic mass is 9.96. The Bertz CT molecular complexity index is 1670. The largest absolute Gasteiger partial charge is 0.463 e. The predicted octanol–water partition coefficient (Wildman–Crippen LogP) is 3.95. The maximum absolute atomic E-state index is 13.8. The summed E-state index contributed by atoms with van der Waals surface area (Å²) in [6.07, 6.45) is 1.75. The highest BCUT2D eigenvalue weighted by atomic mass is 35.5. The summed E-state index contributed by atoms with van der Waals surface area (Å²) in [6.45, 7) is 5.65. The minimum atomic E-state index is -0.646. The van der Waals surface area contributed by atoms with Crippen LogP contribution in [0.1, 0.15) is 36.7 Å². The number of nitrogens with zero attached hydrogens (tertiary/aromatic N) is 4. The average molecular weight is 519 g/mol. The number of carbonyl (C=O) groups excluding carboxylic acids is 1. The third-order valence-electron chi connectivity index (χ3n) is 6.03. The highest BCUT2D eigenvalue weighted by Gasteiger charge is 2.33. The van der Waals surface area contributed by atoms with Crippen molar-refractivity contribution in [3.8, 4) is 5.69 Å². The fourth-order valence-corrected chi connectivity index (χ4v) is 5.63. The van der Waals surface area contributed by atoms with Gasteiger partial charge in [-0.2, -0.15) is 5.10 Å². The van der Waals surface area contributed by atoms with Gasteiger partial charge in [0, 0.05) is 5.56 Å². The third kappa shape index (κ3) is 4.12. The number of para-hydroxylation sites is 1. The summed E-state index contributed by atoms with van der Waals surface area (Å²) < 4.78 is 9.10. The van der Waals surface area contributed by atoms with Crippen LogP contribution in [0.3, 0.4) is 0 Å². The minimum Gasteiger partial charge on any atom is -0.463 e. The number of aromatic nitrogens is 3. The molecule has 0 bridgehead atoms. The van der Waals surface area contributed by atoms with E-state index in [9.17, 15) is 9.59 Å². The second-order valence-corrected chi connectivity index (χ2v) is 9.62. The van der Waals surface area contributed by atoms with Crippen LogP contribution in [0.15, 0.2) is 81.7 Å². The first-order chi connectivity index (χ1) is 17.4. The summed E-state index contributed by atoms with van der Waals surface area (Å²) in [7, 11) is 0. The van der Waals surface area contributed by atoms with Crippen LogP contribution in [0, 0.1) is 6.92 Å². The molecule has 0 fully saturated rings. The SMILES string of the molecule is CCOC(=O)C1=C(C)N=c2s/c(=C\c3c(Cl)nn(-c4ccccc4)c3C)c(=O)n2[C@H]1c1ccccc1. The van der Waals surface area contributed by atoms with E-state index in [1.165, 1.54) is 11.3 Å². The summed E-state index contributed by atoms with van der Waals surface area (Å²) >= 11 is 7.77. The Morgan fingerprint density at radius 1 is 1.11 bits per heavy atom. The number of thiazole rings is 1. The summed E-state index contributed by atoms with van der Waals surface area (Å²) in [5.41, 5.74) is 3.76. The number of benzene rings is 2. The van der Waals surface area contributed by atoms with E-state index in [0.717, 1.165) is 16.9 Å². The fourth-order valence-electron chi connectivity index (χ4n) is 4.34. The zero-order valence-corrected chi connectivity index (χ0v) is 21.5. The van der Waals surface area contributed by atoms with E-state index < -0.39 is 12.0 Å². The van der Waals surface area contributed by atoms with Gasteiger partial charge >= 0.3 is 5.97 Å². The molecule has 0 saturated carbocycles. The number of halogens is 1. The van der Waals surface area contributed by atoms with Gasteiger partial charge in [0.25, 0.3) is 5.56 Å². The first kappa shape index (κ1) is 24.0. The zero-order chi connectivity index (χ0) is 25.4. The van der Waals surface area contributed by atoms with Crippen LogP contribution < -0.4 is 14.9 Å². The molecule has 3 heterocycles. The highest BCUT2D eigenvalue weighted by Crippen LogP contribution is 2.30. The van der Waals surface area contributed by atoms with Crippen molar-refractivity contribution in [3.63, 3.8) is 0 Å². The van der Waals surface area contributed by atoms with E-state index in [4.69, 9.17) is 16.3 Å². The lowest BCUT2D eigenvalue weighted by molar-refractivity contribution is -0.139. The molecule has 0 saturated heterocycles. The molecule has 0 spiro atoms. The number of esters is 1. The standard InChI is InChI=1S/C27H23ClN4O3S/c1-4-35-26(34)22-16(2)29-27-31(23(22)18-11-7-5-8-12-18)25(33)21(36-27)15-20-17(3)32(30-24(20)28)19-13-9-6-10-14-19/h5-15,23H,4H2,1-3H3/b21-15-/t23-/m0/s1. The second kappa shape index (κ2) is 9.72. The topological polar surface area (TPSA) is 78.5 Å². The summed E-state index contributed by atoms with van der Waals surface area (Å²) in [6, 6.07) is 18.5. The van der Waals surface area contributed by atoms with Crippen LogP contribution in [-0.2, 0) is 9.53 Å². The molecule has 0 N–H and O–H groups in total. The van der Waals surface area contributed by atoms with Crippen molar-refractivity contribution in [2.24, 2.45) is 4.99 Å². The van der Waals surface area contributed by atoms with Crippen LogP contribution in [-0.4, -0.2) is 26.9 Å². The molecule has 182 valence electrons. The Balaban J connectivity index is 1.70. The number of allylic oxidation sites excluding steroid dienone is 1. The molecule has 2 aromatic heterocycles. The highest BCUT2D eigenvalue weighted by molar-refractivity contribution is 7.07. The van der Waals surface area contributed by atoms with Crippen LogP contribution in [0.5, 0.6) is 0 Å². The van der Waals surface area contributed by atoms with Gasteiger partial charge in [0.15, 0.2) is 9.95 Å². The van der Waals surface area contributed by atoms with Crippen molar-refractivity contribution in [3.05, 3.63) is 114 Å². The normalized spacial score (nSPS) is 15.6. The molecular weight excluding hydrogens is 496 g/mol. The Labute approximate surface area is 216 Å². The lowest BCUT2D eigenvalue weighted by Gasteiger charge is -2.24. The molecule has 9 heteroatoms. The first-order valence-electron chi connectivity index (χ1n) is 11.5. The van der Waals surface area contributed by atoms with E-state index in [0.29, 0.717) is 31.3 Å². The van der Waals surface area contributed by atoms with E-state index in [1.54, 1.807) is 29.2 Å². The number of rotatable bonds is 5. The number of hydrogen-bond acceptors (Lipinski definition) is 6. The van der Waals surface area contributed by atoms with Gasteiger partial charge in [0.05, 0.1) is 39.8 Å². The molecule has 36 heavy (non-hydrogen) atoms.